The normalized spacial score (nSPS) is 24.1. The second kappa shape index (κ2) is 7.69. The number of benzene rings is 1. The summed E-state index contributed by atoms with van der Waals surface area (Å²) in [6.07, 6.45) is 6.01. The zero-order valence-corrected chi connectivity index (χ0v) is 17.2. The highest BCUT2D eigenvalue weighted by Gasteiger charge is 2.49. The van der Waals surface area contributed by atoms with Crippen molar-refractivity contribution in [2.45, 2.75) is 71.0 Å². The van der Waals surface area contributed by atoms with Crippen molar-refractivity contribution in [3.05, 3.63) is 34.6 Å². The SMILES string of the molecule is CC[C@H]1Cc2c(F)cc(C(=O)NO)cc2CN1C1CC2(CCN(C(C)=O)CC2)C1. The molecule has 2 heterocycles. The van der Waals surface area contributed by atoms with Crippen LogP contribution in [0.1, 0.15) is 67.4 Å². The van der Waals surface area contributed by atoms with Crippen molar-refractivity contribution in [3.63, 3.8) is 0 Å². The van der Waals surface area contributed by atoms with Crippen molar-refractivity contribution in [1.82, 2.24) is 15.3 Å². The van der Waals surface area contributed by atoms with Gasteiger partial charge in [0.2, 0.25) is 5.91 Å². The number of halogens is 1. The van der Waals surface area contributed by atoms with E-state index >= 15 is 0 Å². The Kier molecular flexibility index (Phi) is 5.38. The molecular formula is C22H30FN3O3. The molecule has 1 aliphatic carbocycles. The van der Waals surface area contributed by atoms with Crippen LogP contribution in [0.15, 0.2) is 12.1 Å². The van der Waals surface area contributed by atoms with Crippen LogP contribution in [-0.2, 0) is 17.8 Å². The van der Waals surface area contributed by atoms with Gasteiger partial charge in [0, 0.05) is 44.2 Å². The van der Waals surface area contributed by atoms with Crippen molar-refractivity contribution in [3.8, 4) is 0 Å². The Hall–Kier alpha value is -1.99. The molecule has 2 aliphatic heterocycles. The van der Waals surface area contributed by atoms with E-state index in [9.17, 15) is 14.0 Å². The fourth-order valence-electron chi connectivity index (χ4n) is 5.62. The van der Waals surface area contributed by atoms with Crippen LogP contribution in [0.4, 0.5) is 4.39 Å². The van der Waals surface area contributed by atoms with Crippen molar-refractivity contribution in [1.29, 1.82) is 0 Å². The average Bonchev–Trinajstić information content (AvgIpc) is 2.70. The van der Waals surface area contributed by atoms with Crippen molar-refractivity contribution in [2.24, 2.45) is 5.41 Å². The highest BCUT2D eigenvalue weighted by Crippen LogP contribution is 2.52. The first-order valence-corrected chi connectivity index (χ1v) is 10.6. The molecule has 0 unspecified atom stereocenters. The minimum Gasteiger partial charge on any atom is -0.343 e. The number of likely N-dealkylation sites (tertiary alicyclic amines) is 1. The maximum atomic E-state index is 14.6. The smallest absolute Gasteiger partial charge is 0.274 e. The quantitative estimate of drug-likeness (QED) is 0.601. The lowest BCUT2D eigenvalue weighted by atomic mass is 9.59. The summed E-state index contributed by atoms with van der Waals surface area (Å²) < 4.78 is 14.6. The first-order valence-electron chi connectivity index (χ1n) is 10.6. The molecule has 1 saturated heterocycles. The molecule has 0 radical (unpaired) electrons. The number of nitrogens with zero attached hydrogens (tertiary/aromatic N) is 2. The van der Waals surface area contributed by atoms with Gasteiger partial charge in [0.15, 0.2) is 0 Å². The van der Waals surface area contributed by atoms with Crippen LogP contribution in [0.3, 0.4) is 0 Å². The van der Waals surface area contributed by atoms with Crippen LogP contribution >= 0.6 is 0 Å². The number of hydrogen-bond acceptors (Lipinski definition) is 4. The molecule has 6 nitrogen and oxygen atoms in total. The maximum Gasteiger partial charge on any atom is 0.274 e. The summed E-state index contributed by atoms with van der Waals surface area (Å²) >= 11 is 0. The molecule has 1 aromatic rings. The van der Waals surface area contributed by atoms with Gasteiger partial charge >= 0.3 is 0 Å². The molecule has 1 spiro atoms. The Labute approximate surface area is 171 Å². The van der Waals surface area contributed by atoms with E-state index in [0.29, 0.717) is 36.0 Å². The minimum atomic E-state index is -0.685. The van der Waals surface area contributed by atoms with Gasteiger partial charge in [-0.25, -0.2) is 9.87 Å². The lowest BCUT2D eigenvalue weighted by molar-refractivity contribution is -0.134. The number of hydroxylamine groups is 1. The number of fused-ring (bicyclic) bond motifs is 1. The third-order valence-electron chi connectivity index (χ3n) is 7.46. The summed E-state index contributed by atoms with van der Waals surface area (Å²) in [5, 5.41) is 8.89. The third-order valence-corrected chi connectivity index (χ3v) is 7.46. The van der Waals surface area contributed by atoms with E-state index in [0.717, 1.165) is 50.8 Å². The van der Waals surface area contributed by atoms with E-state index < -0.39 is 5.91 Å². The van der Waals surface area contributed by atoms with E-state index in [2.05, 4.69) is 11.8 Å². The van der Waals surface area contributed by atoms with Gasteiger partial charge in [-0.15, -0.1) is 0 Å². The highest BCUT2D eigenvalue weighted by molar-refractivity contribution is 5.93. The predicted molar refractivity (Wildman–Crippen MR) is 106 cm³/mol. The molecule has 1 aromatic carbocycles. The number of hydrogen-bond donors (Lipinski definition) is 2. The van der Waals surface area contributed by atoms with E-state index in [1.807, 2.05) is 4.90 Å². The van der Waals surface area contributed by atoms with E-state index in [-0.39, 0.29) is 17.3 Å². The van der Waals surface area contributed by atoms with Gasteiger partial charge in [-0.2, -0.15) is 0 Å². The molecule has 2 N–H and O–H groups in total. The molecule has 0 aromatic heterocycles. The highest BCUT2D eigenvalue weighted by atomic mass is 19.1. The van der Waals surface area contributed by atoms with Gasteiger partial charge < -0.3 is 4.90 Å². The van der Waals surface area contributed by atoms with Gasteiger partial charge in [0.25, 0.3) is 5.91 Å². The van der Waals surface area contributed by atoms with Crippen LogP contribution in [0.2, 0.25) is 0 Å². The number of carbonyl (C=O) groups excluding carboxylic acids is 2. The molecular weight excluding hydrogens is 373 g/mol. The van der Waals surface area contributed by atoms with E-state index in [4.69, 9.17) is 5.21 Å². The van der Waals surface area contributed by atoms with Gasteiger partial charge in [0.1, 0.15) is 5.82 Å². The molecule has 1 atom stereocenters. The lowest BCUT2D eigenvalue weighted by Crippen LogP contribution is -2.58. The van der Waals surface area contributed by atoms with Gasteiger partial charge in [0.05, 0.1) is 0 Å². The van der Waals surface area contributed by atoms with Crippen molar-refractivity contribution >= 4 is 11.8 Å². The Bertz CT molecular complexity index is 812. The summed E-state index contributed by atoms with van der Waals surface area (Å²) in [6, 6.07) is 3.70. The number of amides is 2. The first kappa shape index (κ1) is 20.3. The van der Waals surface area contributed by atoms with Crippen molar-refractivity contribution in [2.75, 3.05) is 13.1 Å². The standard InChI is InChI=1S/C22H30FN3O3/c1-3-17-10-19-16(8-15(9-20(19)23)21(28)24-29)13-26(17)18-11-22(12-18)4-6-25(7-5-22)14(2)27/h8-9,17-18,29H,3-7,10-13H2,1-2H3,(H,24,28)/t17-/m0/s1. The van der Waals surface area contributed by atoms with Crippen LogP contribution in [0.25, 0.3) is 0 Å². The van der Waals surface area contributed by atoms with Crippen molar-refractivity contribution < 1.29 is 19.2 Å². The van der Waals surface area contributed by atoms with Gasteiger partial charge in [-0.3, -0.25) is 19.7 Å². The summed E-state index contributed by atoms with van der Waals surface area (Å²) in [4.78, 5) is 27.8. The Morgan fingerprint density at radius 1 is 1.28 bits per heavy atom. The van der Waals surface area contributed by atoms with Gasteiger partial charge in [-0.05, 0) is 67.2 Å². The Morgan fingerprint density at radius 3 is 2.55 bits per heavy atom. The average molecular weight is 403 g/mol. The molecule has 29 heavy (non-hydrogen) atoms. The second-order valence-electron chi connectivity index (χ2n) is 9.04. The fourth-order valence-corrected chi connectivity index (χ4v) is 5.62. The molecule has 1 saturated carbocycles. The van der Waals surface area contributed by atoms with Crippen LogP contribution in [-0.4, -0.2) is 52.0 Å². The zero-order chi connectivity index (χ0) is 20.8. The Balaban J connectivity index is 1.48. The third kappa shape index (κ3) is 3.66. The molecule has 3 aliphatic rings. The summed E-state index contributed by atoms with van der Waals surface area (Å²) in [5.74, 6) is -0.879. The first-order chi connectivity index (χ1) is 13.9. The fraction of sp³-hybridized carbons (Fsp3) is 0.636. The number of carbonyl (C=O) groups is 2. The molecule has 2 fully saturated rings. The number of rotatable bonds is 3. The molecule has 0 bridgehead atoms. The number of piperidine rings is 1. The van der Waals surface area contributed by atoms with Crippen LogP contribution < -0.4 is 5.48 Å². The minimum absolute atomic E-state index is 0.153. The summed E-state index contributed by atoms with van der Waals surface area (Å²) in [7, 11) is 0. The summed E-state index contributed by atoms with van der Waals surface area (Å²) in [6.45, 7) is 6.13. The molecule has 7 heteroatoms. The summed E-state index contributed by atoms with van der Waals surface area (Å²) in [5.41, 5.74) is 3.64. The molecule has 4 rings (SSSR count). The number of nitrogens with one attached hydrogen (secondary N) is 1. The largest absolute Gasteiger partial charge is 0.343 e. The van der Waals surface area contributed by atoms with Gasteiger partial charge in [-0.1, -0.05) is 6.92 Å². The molecule has 2 amide bonds. The van der Waals surface area contributed by atoms with Crippen LogP contribution in [0, 0.1) is 11.2 Å². The topological polar surface area (TPSA) is 72.9 Å². The second-order valence-corrected chi connectivity index (χ2v) is 9.04. The zero-order valence-electron chi connectivity index (χ0n) is 17.2. The van der Waals surface area contributed by atoms with E-state index in [1.165, 1.54) is 6.07 Å². The molecule has 158 valence electrons. The predicted octanol–water partition coefficient (Wildman–Crippen LogP) is 2.87. The van der Waals surface area contributed by atoms with E-state index in [1.54, 1.807) is 18.5 Å². The van der Waals surface area contributed by atoms with Crippen LogP contribution in [0.5, 0.6) is 0 Å². The maximum absolute atomic E-state index is 14.6. The monoisotopic (exact) mass is 403 g/mol. The Morgan fingerprint density at radius 2 is 1.97 bits per heavy atom. The lowest BCUT2D eigenvalue weighted by Gasteiger charge is -2.57.